The molecule has 2 aliphatic rings. The van der Waals surface area contributed by atoms with Gasteiger partial charge in [0, 0.05) is 23.9 Å². The van der Waals surface area contributed by atoms with Gasteiger partial charge in [-0.1, -0.05) is 0 Å². The van der Waals surface area contributed by atoms with Crippen molar-refractivity contribution >= 4 is 22.0 Å². The number of alkyl halides is 2. The Labute approximate surface area is 188 Å². The lowest BCUT2D eigenvalue weighted by molar-refractivity contribution is -0.137. The minimum absolute atomic E-state index is 0.0394. The van der Waals surface area contributed by atoms with Gasteiger partial charge in [0.1, 0.15) is 23.3 Å². The molecule has 1 aromatic rings. The van der Waals surface area contributed by atoms with Gasteiger partial charge in [-0.2, -0.15) is 5.26 Å². The van der Waals surface area contributed by atoms with Crippen molar-refractivity contribution in [3.05, 3.63) is 22.2 Å². The van der Waals surface area contributed by atoms with Gasteiger partial charge < -0.3 is 23.8 Å². The van der Waals surface area contributed by atoms with Gasteiger partial charge in [0.25, 0.3) is 0 Å². The van der Waals surface area contributed by atoms with E-state index in [1.807, 2.05) is 6.07 Å². The van der Waals surface area contributed by atoms with Crippen molar-refractivity contribution in [3.8, 4) is 17.6 Å². The largest absolute Gasteiger partial charge is 0.484 e. The van der Waals surface area contributed by atoms with E-state index in [2.05, 4.69) is 15.9 Å². The van der Waals surface area contributed by atoms with E-state index in [0.717, 1.165) is 4.90 Å². The summed E-state index contributed by atoms with van der Waals surface area (Å²) in [6, 6.07) is 5.17. The topological polar surface area (TPSA) is 81.0 Å². The first-order chi connectivity index (χ1) is 14.5. The second-order valence-electron chi connectivity index (χ2n) is 8.52. The van der Waals surface area contributed by atoms with Crippen molar-refractivity contribution < 1.29 is 32.5 Å². The fourth-order valence-corrected chi connectivity index (χ4v) is 3.73. The van der Waals surface area contributed by atoms with Crippen LogP contribution in [0.2, 0.25) is 0 Å². The zero-order chi connectivity index (χ0) is 22.8. The molecule has 3 rings (SSSR count). The highest BCUT2D eigenvalue weighted by Gasteiger charge is 2.49. The fraction of sp³-hybridized carbons (Fsp3) is 0.619. The summed E-state index contributed by atoms with van der Waals surface area (Å²) >= 11 is 3.26. The maximum Gasteiger partial charge on any atom is 0.410 e. The molecule has 10 heteroatoms. The van der Waals surface area contributed by atoms with Gasteiger partial charge in [-0.25, -0.2) is 13.6 Å². The number of amides is 1. The van der Waals surface area contributed by atoms with Crippen LogP contribution in [0.1, 0.15) is 39.2 Å². The van der Waals surface area contributed by atoms with Gasteiger partial charge in [-0.3, -0.25) is 0 Å². The first-order valence-corrected chi connectivity index (χ1v) is 10.8. The monoisotopic (exact) mass is 502 g/mol. The smallest absolute Gasteiger partial charge is 0.410 e. The van der Waals surface area contributed by atoms with E-state index in [-0.39, 0.29) is 36.1 Å². The number of nitriles is 1. The number of benzene rings is 1. The van der Waals surface area contributed by atoms with Crippen molar-refractivity contribution in [2.24, 2.45) is 0 Å². The number of piperidine rings is 1. The van der Waals surface area contributed by atoms with Crippen LogP contribution in [0.4, 0.5) is 13.6 Å². The molecule has 31 heavy (non-hydrogen) atoms. The molecule has 2 atom stereocenters. The lowest BCUT2D eigenvalue weighted by atomic mass is 10.0. The maximum absolute atomic E-state index is 14.9. The predicted molar refractivity (Wildman–Crippen MR) is 110 cm³/mol. The highest BCUT2D eigenvalue weighted by atomic mass is 79.9. The van der Waals surface area contributed by atoms with Crippen LogP contribution in [0.15, 0.2) is 16.6 Å². The molecular formula is C21H25BrF2N2O5. The minimum atomic E-state index is -3.35. The fourth-order valence-electron chi connectivity index (χ4n) is 3.33. The summed E-state index contributed by atoms with van der Waals surface area (Å²) < 4.78 is 52.4. The number of rotatable bonds is 4. The number of carbonyl (C=O) groups excluding carboxylic acids is 1. The van der Waals surface area contributed by atoms with Gasteiger partial charge in [0.15, 0.2) is 17.6 Å². The third-order valence-corrected chi connectivity index (χ3v) is 5.47. The summed E-state index contributed by atoms with van der Waals surface area (Å²) in [7, 11) is 0. The lowest BCUT2D eigenvalue weighted by Gasteiger charge is -2.38. The molecule has 0 spiro atoms. The van der Waals surface area contributed by atoms with Crippen LogP contribution in [-0.2, 0) is 9.47 Å². The van der Waals surface area contributed by atoms with E-state index in [1.54, 1.807) is 32.9 Å². The van der Waals surface area contributed by atoms with Crippen molar-refractivity contribution in [2.75, 3.05) is 26.3 Å². The van der Waals surface area contributed by atoms with Gasteiger partial charge in [-0.05, 0) is 48.8 Å². The van der Waals surface area contributed by atoms with Crippen LogP contribution < -0.4 is 9.47 Å². The number of ether oxygens (including phenoxy) is 4. The summed E-state index contributed by atoms with van der Waals surface area (Å²) in [5.74, 6) is -3.18. The summed E-state index contributed by atoms with van der Waals surface area (Å²) in [6.07, 6.45) is -2.05. The minimum Gasteiger partial charge on any atom is -0.484 e. The predicted octanol–water partition coefficient (Wildman–Crippen LogP) is 4.51. The number of likely N-dealkylation sites (tertiary alicyclic amines) is 1. The molecule has 2 unspecified atom stereocenters. The Balaban J connectivity index is 1.79. The van der Waals surface area contributed by atoms with Crippen LogP contribution >= 0.6 is 15.9 Å². The van der Waals surface area contributed by atoms with Crippen molar-refractivity contribution in [1.82, 2.24) is 4.90 Å². The molecule has 170 valence electrons. The standard InChI is InChI=1S/C21H25BrF2N2O5/c1-20(2,3)31-19(27)26-8-6-17(21(23,24)12-26)30-18-14(10-25)15(22)4-5-16(18)29-13-7-9-28-11-13/h4-5,13,17H,6-9,11-12H2,1-3H3. The van der Waals surface area contributed by atoms with Crippen molar-refractivity contribution in [2.45, 2.75) is 57.3 Å². The third kappa shape index (κ3) is 5.77. The van der Waals surface area contributed by atoms with Gasteiger partial charge in [0.2, 0.25) is 0 Å². The average molecular weight is 503 g/mol. The molecule has 2 saturated heterocycles. The van der Waals surface area contributed by atoms with Gasteiger partial charge >= 0.3 is 12.0 Å². The highest BCUT2D eigenvalue weighted by molar-refractivity contribution is 9.10. The number of carbonyl (C=O) groups is 1. The molecule has 2 heterocycles. The molecule has 7 nitrogen and oxygen atoms in total. The van der Waals surface area contributed by atoms with Gasteiger partial charge in [0.05, 0.1) is 19.8 Å². The first-order valence-electron chi connectivity index (χ1n) is 9.99. The van der Waals surface area contributed by atoms with Gasteiger partial charge in [-0.15, -0.1) is 0 Å². The normalized spacial score (nSPS) is 23.2. The number of nitrogens with zero attached hydrogens (tertiary/aromatic N) is 2. The third-order valence-electron chi connectivity index (χ3n) is 4.81. The Morgan fingerprint density at radius 3 is 2.65 bits per heavy atom. The molecule has 0 bridgehead atoms. The Bertz CT molecular complexity index is 863. The quantitative estimate of drug-likeness (QED) is 0.602. The molecule has 0 aromatic heterocycles. The molecule has 1 aromatic carbocycles. The van der Waals surface area contributed by atoms with Crippen molar-refractivity contribution in [3.63, 3.8) is 0 Å². The molecule has 1 amide bonds. The molecule has 0 aliphatic carbocycles. The number of hydrogen-bond donors (Lipinski definition) is 0. The van der Waals surface area contributed by atoms with E-state index in [1.165, 1.54) is 0 Å². The summed E-state index contributed by atoms with van der Waals surface area (Å²) in [5.41, 5.74) is -0.713. The maximum atomic E-state index is 14.9. The Kier molecular flexibility index (Phi) is 6.96. The molecule has 0 radical (unpaired) electrons. The van der Waals surface area contributed by atoms with Crippen molar-refractivity contribution in [1.29, 1.82) is 5.26 Å². The second-order valence-corrected chi connectivity index (χ2v) is 9.38. The zero-order valence-electron chi connectivity index (χ0n) is 17.6. The van der Waals surface area contributed by atoms with E-state index < -0.39 is 30.3 Å². The van der Waals surface area contributed by atoms with Crippen LogP contribution in [0, 0.1) is 11.3 Å². The van der Waals surface area contributed by atoms with Crippen LogP contribution in [0.5, 0.6) is 11.5 Å². The Morgan fingerprint density at radius 2 is 2.06 bits per heavy atom. The molecular weight excluding hydrogens is 478 g/mol. The number of halogens is 3. The molecule has 2 fully saturated rings. The number of hydrogen-bond acceptors (Lipinski definition) is 6. The van der Waals surface area contributed by atoms with Crippen LogP contribution in [0.3, 0.4) is 0 Å². The Morgan fingerprint density at radius 1 is 1.32 bits per heavy atom. The first kappa shape index (κ1) is 23.5. The van der Waals surface area contributed by atoms with Crippen LogP contribution in [0.25, 0.3) is 0 Å². The van der Waals surface area contributed by atoms with E-state index >= 15 is 0 Å². The molecule has 0 N–H and O–H groups in total. The lowest BCUT2D eigenvalue weighted by Crippen LogP contribution is -2.56. The summed E-state index contributed by atoms with van der Waals surface area (Å²) in [6.45, 7) is 5.14. The summed E-state index contributed by atoms with van der Waals surface area (Å²) in [4.78, 5) is 13.2. The van der Waals surface area contributed by atoms with E-state index in [0.29, 0.717) is 24.1 Å². The second kappa shape index (κ2) is 9.17. The molecule has 2 aliphatic heterocycles. The van der Waals surface area contributed by atoms with E-state index in [4.69, 9.17) is 18.9 Å². The van der Waals surface area contributed by atoms with Crippen LogP contribution in [-0.4, -0.2) is 61.0 Å². The summed E-state index contributed by atoms with van der Waals surface area (Å²) in [5, 5.41) is 9.57. The SMILES string of the molecule is CC(C)(C)OC(=O)N1CCC(Oc2c(OC3CCOC3)ccc(Br)c2C#N)C(F)(F)C1. The Hall–Kier alpha value is -2.12. The zero-order valence-corrected chi connectivity index (χ0v) is 19.2. The highest BCUT2D eigenvalue weighted by Crippen LogP contribution is 2.41. The average Bonchev–Trinajstić information content (AvgIpc) is 3.17. The molecule has 0 saturated carbocycles. The van der Waals surface area contributed by atoms with E-state index in [9.17, 15) is 18.8 Å².